The molecule has 0 aliphatic heterocycles. The molecule has 0 radical (unpaired) electrons. The molecular weight excluding hydrogens is 310 g/mol. The molecule has 0 saturated carbocycles. The number of Topliss-reactive ketones (excluding diaryl/α,β-unsaturated/α-hetero) is 1. The van der Waals surface area contributed by atoms with Gasteiger partial charge in [0.25, 0.3) is 5.91 Å². The topological polar surface area (TPSA) is 64.0 Å². The Bertz CT molecular complexity index is 649. The lowest BCUT2D eigenvalue weighted by atomic mass is 10.1. The minimum atomic E-state index is -0.266. The molecule has 2 rings (SSSR count). The zero-order chi connectivity index (χ0) is 14.0. The first kappa shape index (κ1) is 13.5. The van der Waals surface area contributed by atoms with Crippen molar-refractivity contribution < 1.29 is 9.59 Å². The highest BCUT2D eigenvalue weighted by Crippen LogP contribution is 2.20. The first-order chi connectivity index (χ1) is 9.02. The number of hydrogen-bond donors (Lipinski definition) is 1. The van der Waals surface area contributed by atoms with Crippen molar-refractivity contribution in [3.05, 3.63) is 46.2 Å². The molecule has 1 aromatic heterocycles. The zero-order valence-electron chi connectivity index (χ0n) is 10.5. The summed E-state index contributed by atoms with van der Waals surface area (Å²) in [5.41, 5.74) is 1.49. The van der Waals surface area contributed by atoms with Gasteiger partial charge in [-0.3, -0.25) is 9.59 Å². The third-order valence-electron chi connectivity index (χ3n) is 2.63. The lowest BCUT2D eigenvalue weighted by Crippen LogP contribution is -2.18. The second-order valence-corrected chi connectivity index (χ2v) is 4.86. The first-order valence-electron chi connectivity index (χ1n) is 5.61. The SMILES string of the molecule is CNC(=O)c1ccn(-c2cc(Br)ccc2C(C)=O)n1. The van der Waals surface area contributed by atoms with Gasteiger partial charge < -0.3 is 5.32 Å². The van der Waals surface area contributed by atoms with Gasteiger partial charge in [0.15, 0.2) is 11.5 Å². The van der Waals surface area contributed by atoms with E-state index in [-0.39, 0.29) is 11.7 Å². The van der Waals surface area contributed by atoms with Crippen LogP contribution in [0.15, 0.2) is 34.9 Å². The van der Waals surface area contributed by atoms with E-state index in [0.29, 0.717) is 16.9 Å². The van der Waals surface area contributed by atoms with Gasteiger partial charge in [-0.1, -0.05) is 15.9 Å². The van der Waals surface area contributed by atoms with E-state index in [1.165, 1.54) is 11.6 Å². The lowest BCUT2D eigenvalue weighted by molar-refractivity contribution is 0.0957. The summed E-state index contributed by atoms with van der Waals surface area (Å²) in [6.07, 6.45) is 1.65. The predicted molar refractivity (Wildman–Crippen MR) is 74.7 cm³/mol. The number of amides is 1. The summed E-state index contributed by atoms with van der Waals surface area (Å²) >= 11 is 3.36. The lowest BCUT2D eigenvalue weighted by Gasteiger charge is -2.07. The maximum absolute atomic E-state index is 11.6. The fraction of sp³-hybridized carbons (Fsp3) is 0.154. The summed E-state index contributed by atoms with van der Waals surface area (Å²) in [5.74, 6) is -0.322. The summed E-state index contributed by atoms with van der Waals surface area (Å²) in [6, 6.07) is 6.91. The summed E-state index contributed by atoms with van der Waals surface area (Å²) in [4.78, 5) is 23.1. The minimum Gasteiger partial charge on any atom is -0.354 e. The van der Waals surface area contributed by atoms with Crippen LogP contribution in [0.1, 0.15) is 27.8 Å². The van der Waals surface area contributed by atoms with Crippen LogP contribution in [-0.4, -0.2) is 28.5 Å². The van der Waals surface area contributed by atoms with Crippen LogP contribution in [0.2, 0.25) is 0 Å². The Morgan fingerprint density at radius 1 is 1.32 bits per heavy atom. The van der Waals surface area contributed by atoms with Gasteiger partial charge in [0.05, 0.1) is 5.69 Å². The molecule has 0 saturated heterocycles. The average Bonchev–Trinajstić information content (AvgIpc) is 2.86. The summed E-state index contributed by atoms with van der Waals surface area (Å²) in [6.45, 7) is 1.50. The van der Waals surface area contributed by atoms with Crippen molar-refractivity contribution in [2.75, 3.05) is 7.05 Å². The molecule has 0 aliphatic carbocycles. The second kappa shape index (κ2) is 5.36. The van der Waals surface area contributed by atoms with E-state index >= 15 is 0 Å². The number of halogens is 1. The van der Waals surface area contributed by atoms with Gasteiger partial charge in [0.1, 0.15) is 0 Å². The molecule has 1 N–H and O–H groups in total. The number of rotatable bonds is 3. The molecule has 0 fully saturated rings. The van der Waals surface area contributed by atoms with Crippen molar-refractivity contribution in [3.63, 3.8) is 0 Å². The maximum Gasteiger partial charge on any atom is 0.271 e. The van der Waals surface area contributed by atoms with Gasteiger partial charge in [-0.15, -0.1) is 0 Å². The number of carbonyl (C=O) groups is 2. The Labute approximate surface area is 118 Å². The van der Waals surface area contributed by atoms with E-state index < -0.39 is 0 Å². The molecule has 1 heterocycles. The van der Waals surface area contributed by atoms with E-state index in [1.807, 2.05) is 0 Å². The molecule has 5 nitrogen and oxygen atoms in total. The normalized spacial score (nSPS) is 10.3. The summed E-state index contributed by atoms with van der Waals surface area (Å²) < 4.78 is 2.36. The van der Waals surface area contributed by atoms with Gasteiger partial charge in [-0.05, 0) is 31.2 Å². The van der Waals surface area contributed by atoms with Gasteiger partial charge in [-0.2, -0.15) is 5.10 Å². The number of hydrogen-bond acceptors (Lipinski definition) is 3. The second-order valence-electron chi connectivity index (χ2n) is 3.94. The van der Waals surface area contributed by atoms with Crippen LogP contribution in [0.25, 0.3) is 5.69 Å². The maximum atomic E-state index is 11.6. The molecule has 1 aromatic carbocycles. The van der Waals surface area contributed by atoms with Crippen molar-refractivity contribution in [1.29, 1.82) is 0 Å². The highest BCUT2D eigenvalue weighted by Gasteiger charge is 2.13. The van der Waals surface area contributed by atoms with Crippen molar-refractivity contribution >= 4 is 27.6 Å². The van der Waals surface area contributed by atoms with Gasteiger partial charge >= 0.3 is 0 Å². The van der Waals surface area contributed by atoms with Gasteiger partial charge in [-0.25, -0.2) is 4.68 Å². The van der Waals surface area contributed by atoms with Crippen LogP contribution < -0.4 is 5.32 Å². The van der Waals surface area contributed by atoms with Crippen LogP contribution in [0, 0.1) is 0 Å². The fourth-order valence-electron chi connectivity index (χ4n) is 1.70. The third kappa shape index (κ3) is 2.73. The number of aromatic nitrogens is 2. The standard InChI is InChI=1S/C13H12BrN3O2/c1-8(18)10-4-3-9(14)7-12(10)17-6-5-11(16-17)13(19)15-2/h3-7H,1-2H3,(H,15,19). The molecule has 19 heavy (non-hydrogen) atoms. The monoisotopic (exact) mass is 321 g/mol. The zero-order valence-corrected chi connectivity index (χ0v) is 12.1. The van der Waals surface area contributed by atoms with Crippen LogP contribution in [0.5, 0.6) is 0 Å². The number of carbonyl (C=O) groups excluding carboxylic acids is 2. The van der Waals surface area contributed by atoms with Crippen LogP contribution in [0.4, 0.5) is 0 Å². The summed E-state index contributed by atoms with van der Waals surface area (Å²) in [7, 11) is 1.54. The van der Waals surface area contributed by atoms with E-state index in [2.05, 4.69) is 26.3 Å². The van der Waals surface area contributed by atoms with Gasteiger partial charge in [0, 0.05) is 23.3 Å². The highest BCUT2D eigenvalue weighted by atomic mass is 79.9. The molecule has 0 aliphatic rings. The Morgan fingerprint density at radius 2 is 2.05 bits per heavy atom. The number of nitrogens with one attached hydrogen (secondary N) is 1. The summed E-state index contributed by atoms with van der Waals surface area (Å²) in [5, 5.41) is 6.67. The molecule has 0 spiro atoms. The van der Waals surface area contributed by atoms with E-state index in [1.54, 1.807) is 37.5 Å². The van der Waals surface area contributed by atoms with Gasteiger partial charge in [0.2, 0.25) is 0 Å². The molecule has 2 aromatic rings. The Balaban J connectivity index is 2.52. The van der Waals surface area contributed by atoms with Crippen LogP contribution in [-0.2, 0) is 0 Å². The molecule has 0 bridgehead atoms. The van der Waals surface area contributed by atoms with Crippen LogP contribution in [0.3, 0.4) is 0 Å². The van der Waals surface area contributed by atoms with Crippen molar-refractivity contribution in [3.8, 4) is 5.69 Å². The largest absolute Gasteiger partial charge is 0.354 e. The number of benzene rings is 1. The molecule has 0 unspecified atom stereocenters. The highest BCUT2D eigenvalue weighted by molar-refractivity contribution is 9.10. The van der Waals surface area contributed by atoms with E-state index in [9.17, 15) is 9.59 Å². The number of nitrogens with zero attached hydrogens (tertiary/aromatic N) is 2. The molecule has 6 heteroatoms. The molecular formula is C13H12BrN3O2. The third-order valence-corrected chi connectivity index (χ3v) is 3.13. The van der Waals surface area contributed by atoms with Crippen LogP contribution >= 0.6 is 15.9 Å². The van der Waals surface area contributed by atoms with E-state index in [0.717, 1.165) is 4.47 Å². The first-order valence-corrected chi connectivity index (χ1v) is 6.41. The predicted octanol–water partition coefficient (Wildman–Crippen LogP) is 2.20. The average molecular weight is 322 g/mol. The Kier molecular flexibility index (Phi) is 3.80. The molecule has 0 atom stereocenters. The number of ketones is 1. The van der Waals surface area contributed by atoms with Crippen molar-refractivity contribution in [2.45, 2.75) is 6.92 Å². The Hall–Kier alpha value is -1.95. The smallest absolute Gasteiger partial charge is 0.271 e. The molecule has 1 amide bonds. The minimum absolute atomic E-state index is 0.0560. The van der Waals surface area contributed by atoms with Crippen molar-refractivity contribution in [1.82, 2.24) is 15.1 Å². The van der Waals surface area contributed by atoms with E-state index in [4.69, 9.17) is 0 Å². The fourth-order valence-corrected chi connectivity index (χ4v) is 2.05. The van der Waals surface area contributed by atoms with Crippen molar-refractivity contribution in [2.24, 2.45) is 0 Å². The molecule has 98 valence electrons. The Morgan fingerprint density at radius 3 is 2.68 bits per heavy atom. The quantitative estimate of drug-likeness (QED) is 0.881.